The number of hydrogen-bond donors (Lipinski definition) is 0. The Kier molecular flexibility index (Phi) is 6.75. The molecule has 0 unspecified atom stereocenters. The van der Waals surface area contributed by atoms with Gasteiger partial charge in [0.15, 0.2) is 17.3 Å². The van der Waals surface area contributed by atoms with E-state index in [1.807, 2.05) is 64.6 Å². The van der Waals surface area contributed by atoms with E-state index in [1.54, 1.807) is 13.2 Å². The summed E-state index contributed by atoms with van der Waals surface area (Å²) in [5, 5.41) is 0. The molecule has 7 nitrogen and oxygen atoms in total. The van der Waals surface area contributed by atoms with E-state index >= 15 is 0 Å². The number of ether oxygens (including phenoxy) is 2. The molecular formula is C29H41N3O4. The average molecular weight is 496 g/mol. The smallest absolute Gasteiger partial charge is 0.253 e. The number of fused-ring (bicyclic) bond motifs is 2. The van der Waals surface area contributed by atoms with Crippen LogP contribution in [0.5, 0.6) is 11.5 Å². The number of methoxy groups -OCH3 is 1. The van der Waals surface area contributed by atoms with Gasteiger partial charge in [-0.05, 0) is 71.0 Å². The lowest BCUT2D eigenvalue weighted by Gasteiger charge is -2.50. The average Bonchev–Trinajstić information content (AvgIpc) is 3.24. The number of benzene rings is 1. The molecule has 0 atom stereocenters. The minimum absolute atomic E-state index is 0.00269. The van der Waals surface area contributed by atoms with E-state index in [2.05, 4.69) is 22.6 Å². The third kappa shape index (κ3) is 4.77. The molecule has 36 heavy (non-hydrogen) atoms. The molecule has 1 aromatic carbocycles. The Balaban J connectivity index is 1.54. The maximum absolute atomic E-state index is 13.4. The van der Waals surface area contributed by atoms with Crippen LogP contribution in [0.15, 0.2) is 30.3 Å². The van der Waals surface area contributed by atoms with E-state index in [0.29, 0.717) is 30.2 Å². The van der Waals surface area contributed by atoms with Crippen molar-refractivity contribution < 1.29 is 19.1 Å². The van der Waals surface area contributed by atoms with Gasteiger partial charge in [0.2, 0.25) is 0 Å². The molecule has 4 rings (SSSR count). The number of hydrogen-bond acceptors (Lipinski definition) is 5. The summed E-state index contributed by atoms with van der Waals surface area (Å²) < 4.78 is 13.7. The fourth-order valence-electron chi connectivity index (χ4n) is 5.47. The van der Waals surface area contributed by atoms with Crippen LogP contribution in [0, 0.1) is 5.41 Å². The lowest BCUT2D eigenvalue weighted by atomic mass is 9.81. The van der Waals surface area contributed by atoms with Crippen molar-refractivity contribution in [1.29, 1.82) is 0 Å². The highest BCUT2D eigenvalue weighted by Gasteiger charge is 2.45. The Morgan fingerprint density at radius 3 is 2.14 bits per heavy atom. The molecule has 2 aliphatic rings. The van der Waals surface area contributed by atoms with Gasteiger partial charge in [0.1, 0.15) is 5.60 Å². The van der Waals surface area contributed by atoms with E-state index in [4.69, 9.17) is 9.47 Å². The van der Waals surface area contributed by atoms with Gasteiger partial charge in [-0.2, -0.15) is 0 Å². The number of likely N-dealkylation sites (tertiary alicyclic amines) is 1. The van der Waals surface area contributed by atoms with Crippen molar-refractivity contribution in [2.75, 3.05) is 33.8 Å². The second-order valence-electron chi connectivity index (χ2n) is 12.2. The Bertz CT molecular complexity index is 1140. The predicted molar refractivity (Wildman–Crippen MR) is 141 cm³/mol. The van der Waals surface area contributed by atoms with Crippen molar-refractivity contribution in [3.8, 4) is 11.5 Å². The Morgan fingerprint density at radius 1 is 0.889 bits per heavy atom. The van der Waals surface area contributed by atoms with Crippen LogP contribution < -0.4 is 9.47 Å². The third-order valence-electron chi connectivity index (χ3n) is 7.47. The lowest BCUT2D eigenvalue weighted by molar-refractivity contribution is 0.0126. The SMILES string of the molecule is COc1cc(C(=O)N2CCC3(CC2)c2ccc(C(=O)C(C)(C)C)n2CCN3C)ccc1OC(C)(C)C. The number of piperidine rings is 1. The highest BCUT2D eigenvalue weighted by molar-refractivity contribution is 5.98. The maximum atomic E-state index is 13.4. The van der Waals surface area contributed by atoms with Gasteiger partial charge in [0, 0.05) is 42.9 Å². The van der Waals surface area contributed by atoms with Gasteiger partial charge >= 0.3 is 0 Å². The van der Waals surface area contributed by atoms with E-state index in [1.165, 1.54) is 5.69 Å². The number of rotatable bonds is 4. The van der Waals surface area contributed by atoms with Crippen LogP contribution in [0.1, 0.15) is 80.9 Å². The van der Waals surface area contributed by atoms with Crippen molar-refractivity contribution in [2.45, 2.75) is 72.1 Å². The van der Waals surface area contributed by atoms with Crippen molar-refractivity contribution in [2.24, 2.45) is 5.41 Å². The van der Waals surface area contributed by atoms with Crippen LogP contribution in [0.25, 0.3) is 0 Å². The maximum Gasteiger partial charge on any atom is 0.253 e. The molecule has 0 radical (unpaired) electrons. The van der Waals surface area contributed by atoms with E-state index in [0.717, 1.165) is 31.6 Å². The summed E-state index contributed by atoms with van der Waals surface area (Å²) in [7, 11) is 3.76. The zero-order valence-electron chi connectivity index (χ0n) is 23.1. The highest BCUT2D eigenvalue weighted by Crippen LogP contribution is 2.42. The minimum Gasteiger partial charge on any atom is -0.493 e. The first-order valence-corrected chi connectivity index (χ1v) is 12.9. The first-order valence-electron chi connectivity index (χ1n) is 12.9. The van der Waals surface area contributed by atoms with Gasteiger partial charge in [-0.1, -0.05) is 20.8 Å². The van der Waals surface area contributed by atoms with E-state index in [-0.39, 0.29) is 22.8 Å². The van der Waals surface area contributed by atoms with Crippen LogP contribution in [-0.2, 0) is 12.1 Å². The third-order valence-corrected chi connectivity index (χ3v) is 7.47. The van der Waals surface area contributed by atoms with Crippen LogP contribution in [-0.4, -0.2) is 65.5 Å². The number of amides is 1. The molecule has 0 aliphatic carbocycles. The largest absolute Gasteiger partial charge is 0.493 e. The van der Waals surface area contributed by atoms with E-state index < -0.39 is 5.41 Å². The molecule has 3 heterocycles. The van der Waals surface area contributed by atoms with Crippen LogP contribution >= 0.6 is 0 Å². The van der Waals surface area contributed by atoms with Crippen LogP contribution in [0.3, 0.4) is 0 Å². The predicted octanol–water partition coefficient (Wildman–Crippen LogP) is 4.98. The standard InChI is InChI=1S/C29H41N3O4/c1-27(2,3)25(33)21-10-12-24-29(30(7)17-18-32(21)24)13-15-31(16-14-29)26(34)20-9-11-22(23(19-20)35-8)36-28(4,5)6/h9-12,19H,13-18H2,1-8H3. The highest BCUT2D eigenvalue weighted by atomic mass is 16.5. The van der Waals surface area contributed by atoms with Gasteiger partial charge in [0.25, 0.3) is 5.91 Å². The molecule has 1 amide bonds. The van der Waals surface area contributed by atoms with Crippen LogP contribution in [0.4, 0.5) is 0 Å². The van der Waals surface area contributed by atoms with Crippen molar-refractivity contribution in [1.82, 2.24) is 14.4 Å². The number of aromatic nitrogens is 1. The molecule has 0 N–H and O–H groups in total. The topological polar surface area (TPSA) is 64.0 Å². The monoisotopic (exact) mass is 495 g/mol. The molecule has 2 aromatic rings. The van der Waals surface area contributed by atoms with E-state index in [9.17, 15) is 9.59 Å². The molecule has 0 saturated carbocycles. The Labute approximate surface area is 215 Å². The van der Waals surface area contributed by atoms with Crippen molar-refractivity contribution in [3.05, 3.63) is 47.3 Å². The number of nitrogens with zero attached hydrogens (tertiary/aromatic N) is 3. The fourth-order valence-corrected chi connectivity index (χ4v) is 5.47. The summed E-state index contributed by atoms with van der Waals surface area (Å²) in [5.41, 5.74) is 1.64. The number of ketones is 1. The fraction of sp³-hybridized carbons (Fsp3) is 0.586. The molecule has 1 fully saturated rings. The van der Waals surface area contributed by atoms with Gasteiger partial charge in [-0.15, -0.1) is 0 Å². The lowest BCUT2D eigenvalue weighted by Crippen LogP contribution is -2.56. The molecule has 2 aliphatic heterocycles. The minimum atomic E-state index is -0.421. The molecule has 196 valence electrons. The number of carbonyl (C=O) groups excluding carboxylic acids is 2. The Morgan fingerprint density at radius 2 is 1.56 bits per heavy atom. The second-order valence-corrected chi connectivity index (χ2v) is 12.2. The quantitative estimate of drug-likeness (QED) is 0.560. The van der Waals surface area contributed by atoms with Gasteiger partial charge in [-0.3, -0.25) is 14.5 Å². The summed E-state index contributed by atoms with van der Waals surface area (Å²) in [6, 6.07) is 9.53. The number of carbonyl (C=O) groups is 2. The zero-order valence-corrected chi connectivity index (χ0v) is 23.1. The molecule has 1 saturated heterocycles. The first-order chi connectivity index (χ1) is 16.8. The number of Topliss-reactive ketones (excluding diaryl/α,β-unsaturated/α-hetero) is 1. The summed E-state index contributed by atoms with van der Waals surface area (Å²) in [6.07, 6.45) is 1.65. The summed E-state index contributed by atoms with van der Waals surface area (Å²) in [6.45, 7) is 14.9. The Hall–Kier alpha value is -2.80. The zero-order chi connectivity index (χ0) is 26.5. The van der Waals surface area contributed by atoms with Crippen LogP contribution in [0.2, 0.25) is 0 Å². The van der Waals surface area contributed by atoms with Gasteiger partial charge < -0.3 is 18.9 Å². The number of likely N-dealkylation sites (N-methyl/N-ethyl adjacent to an activating group) is 1. The van der Waals surface area contributed by atoms with Crippen molar-refractivity contribution >= 4 is 11.7 Å². The normalized spacial score (nSPS) is 18.2. The molecular weight excluding hydrogens is 454 g/mol. The molecule has 7 heteroatoms. The summed E-state index contributed by atoms with van der Waals surface area (Å²) in [5.74, 6) is 1.37. The first kappa shape index (κ1) is 26.3. The van der Waals surface area contributed by atoms with Gasteiger partial charge in [-0.25, -0.2) is 0 Å². The summed E-state index contributed by atoms with van der Waals surface area (Å²) in [4.78, 5) is 30.9. The second kappa shape index (κ2) is 9.25. The van der Waals surface area contributed by atoms with Gasteiger partial charge in [0.05, 0.1) is 18.3 Å². The molecule has 1 spiro atoms. The summed E-state index contributed by atoms with van der Waals surface area (Å²) >= 11 is 0. The molecule has 1 aromatic heterocycles. The molecule has 0 bridgehead atoms. The van der Waals surface area contributed by atoms with Crippen molar-refractivity contribution in [3.63, 3.8) is 0 Å².